The molecular formula is C25H30IN5O. The lowest BCUT2D eigenvalue weighted by Crippen LogP contribution is -2.44. The fourth-order valence-corrected chi connectivity index (χ4v) is 3.67. The first-order chi connectivity index (χ1) is 15.3. The van der Waals surface area contributed by atoms with E-state index >= 15 is 0 Å². The van der Waals surface area contributed by atoms with Gasteiger partial charge in [0.05, 0.1) is 5.69 Å². The van der Waals surface area contributed by atoms with Crippen LogP contribution in [0.25, 0.3) is 0 Å². The van der Waals surface area contributed by atoms with Crippen molar-refractivity contribution in [2.45, 2.75) is 25.6 Å². The number of nitrogens with zero attached hydrogens (tertiary/aromatic N) is 3. The summed E-state index contributed by atoms with van der Waals surface area (Å²) < 4.78 is 5.81. The van der Waals surface area contributed by atoms with Crippen molar-refractivity contribution in [3.63, 3.8) is 0 Å². The average molecular weight is 543 g/mol. The number of aromatic nitrogens is 1. The summed E-state index contributed by atoms with van der Waals surface area (Å²) in [7, 11) is 1.81. The van der Waals surface area contributed by atoms with Crippen molar-refractivity contribution in [2.24, 2.45) is 4.99 Å². The summed E-state index contributed by atoms with van der Waals surface area (Å²) in [6.07, 6.45) is 2.87. The summed E-state index contributed by atoms with van der Waals surface area (Å²) in [5.74, 6) is 1.67. The summed E-state index contributed by atoms with van der Waals surface area (Å²) >= 11 is 0. The molecule has 2 aromatic carbocycles. The number of rotatable bonds is 7. The predicted molar refractivity (Wildman–Crippen MR) is 141 cm³/mol. The third-order valence-corrected chi connectivity index (χ3v) is 5.37. The molecule has 1 aliphatic rings. The Bertz CT molecular complexity index is 967. The molecule has 32 heavy (non-hydrogen) atoms. The van der Waals surface area contributed by atoms with E-state index in [9.17, 15) is 0 Å². The van der Waals surface area contributed by atoms with Gasteiger partial charge in [-0.2, -0.15) is 0 Å². The number of aliphatic imine (C=N–C) groups is 1. The topological polar surface area (TPSA) is 61.8 Å². The molecule has 168 valence electrons. The van der Waals surface area contributed by atoms with Crippen LogP contribution < -0.4 is 20.3 Å². The van der Waals surface area contributed by atoms with E-state index in [-0.39, 0.29) is 24.0 Å². The van der Waals surface area contributed by atoms with Crippen LogP contribution in [-0.2, 0) is 13.2 Å². The molecule has 2 N–H and O–H groups in total. The van der Waals surface area contributed by atoms with E-state index in [1.54, 1.807) is 6.20 Å². The fourth-order valence-electron chi connectivity index (χ4n) is 3.67. The van der Waals surface area contributed by atoms with Crippen molar-refractivity contribution in [2.75, 3.05) is 25.0 Å². The molecule has 1 aromatic heterocycles. The molecular weight excluding hydrogens is 513 g/mol. The van der Waals surface area contributed by atoms with Crippen molar-refractivity contribution < 1.29 is 4.74 Å². The molecule has 1 aliphatic heterocycles. The first-order valence-corrected chi connectivity index (χ1v) is 10.7. The van der Waals surface area contributed by atoms with Crippen LogP contribution in [0.5, 0.6) is 5.75 Å². The van der Waals surface area contributed by atoms with Gasteiger partial charge in [-0.15, -0.1) is 24.0 Å². The Labute approximate surface area is 207 Å². The number of ether oxygens (including phenoxy) is 1. The van der Waals surface area contributed by atoms with E-state index in [0.717, 1.165) is 36.9 Å². The molecule has 0 saturated carbocycles. The van der Waals surface area contributed by atoms with Crippen LogP contribution in [0.2, 0.25) is 0 Å². The maximum Gasteiger partial charge on any atom is 0.191 e. The van der Waals surface area contributed by atoms with Gasteiger partial charge in [-0.1, -0.05) is 36.4 Å². The number of pyridine rings is 1. The summed E-state index contributed by atoms with van der Waals surface area (Å²) in [4.78, 5) is 11.1. The van der Waals surface area contributed by atoms with Gasteiger partial charge in [-0.25, -0.2) is 0 Å². The zero-order valence-electron chi connectivity index (χ0n) is 18.3. The molecule has 3 aromatic rings. The Kier molecular flexibility index (Phi) is 9.15. The molecule has 2 heterocycles. The molecule has 1 fully saturated rings. The Morgan fingerprint density at radius 3 is 2.56 bits per heavy atom. The van der Waals surface area contributed by atoms with Crippen molar-refractivity contribution in [1.29, 1.82) is 0 Å². The van der Waals surface area contributed by atoms with E-state index in [2.05, 4.69) is 68.0 Å². The normalized spacial score (nSPS) is 15.7. The van der Waals surface area contributed by atoms with E-state index < -0.39 is 0 Å². The molecule has 1 atom stereocenters. The highest BCUT2D eigenvalue weighted by Gasteiger charge is 2.23. The van der Waals surface area contributed by atoms with Crippen LogP contribution in [0.15, 0.2) is 84.0 Å². The van der Waals surface area contributed by atoms with E-state index in [1.165, 1.54) is 11.3 Å². The second-order valence-corrected chi connectivity index (χ2v) is 7.59. The average Bonchev–Trinajstić information content (AvgIpc) is 3.31. The zero-order chi connectivity index (χ0) is 21.3. The molecule has 0 bridgehead atoms. The number of nitrogens with one attached hydrogen (secondary N) is 2. The monoisotopic (exact) mass is 543 g/mol. The van der Waals surface area contributed by atoms with Gasteiger partial charge in [0.2, 0.25) is 0 Å². The van der Waals surface area contributed by atoms with Gasteiger partial charge in [-0.3, -0.25) is 9.98 Å². The predicted octanol–water partition coefficient (Wildman–Crippen LogP) is 4.22. The van der Waals surface area contributed by atoms with Gasteiger partial charge in [0.1, 0.15) is 12.4 Å². The van der Waals surface area contributed by atoms with Gasteiger partial charge in [0, 0.05) is 44.6 Å². The van der Waals surface area contributed by atoms with Crippen LogP contribution >= 0.6 is 24.0 Å². The second-order valence-electron chi connectivity index (χ2n) is 7.59. The summed E-state index contributed by atoms with van der Waals surface area (Å²) in [5, 5.41) is 6.97. The van der Waals surface area contributed by atoms with Crippen molar-refractivity contribution in [3.8, 4) is 5.75 Å². The van der Waals surface area contributed by atoms with Gasteiger partial charge < -0.3 is 20.3 Å². The fraction of sp³-hybridized carbons (Fsp3) is 0.280. The maximum atomic E-state index is 5.81. The molecule has 7 heteroatoms. The number of hydrogen-bond acceptors (Lipinski definition) is 4. The maximum absolute atomic E-state index is 5.81. The van der Waals surface area contributed by atoms with Gasteiger partial charge in [0.15, 0.2) is 5.96 Å². The first kappa shape index (κ1) is 23.8. The third-order valence-electron chi connectivity index (χ3n) is 5.37. The second kappa shape index (κ2) is 12.3. The minimum Gasteiger partial charge on any atom is -0.487 e. The Balaban J connectivity index is 0.00000289. The minimum atomic E-state index is 0. The van der Waals surface area contributed by atoms with Gasteiger partial charge >= 0.3 is 0 Å². The number of benzene rings is 2. The van der Waals surface area contributed by atoms with Crippen molar-refractivity contribution in [1.82, 2.24) is 15.6 Å². The lowest BCUT2D eigenvalue weighted by Gasteiger charge is -2.20. The van der Waals surface area contributed by atoms with Crippen LogP contribution in [0.3, 0.4) is 0 Å². The van der Waals surface area contributed by atoms with Crippen LogP contribution in [0, 0.1) is 0 Å². The lowest BCUT2D eigenvalue weighted by atomic mass is 10.2. The van der Waals surface area contributed by atoms with Crippen LogP contribution in [0.4, 0.5) is 5.69 Å². The Hall–Kier alpha value is -2.81. The number of hydrogen-bond donors (Lipinski definition) is 2. The highest BCUT2D eigenvalue weighted by Crippen LogP contribution is 2.19. The van der Waals surface area contributed by atoms with E-state index in [1.807, 2.05) is 37.4 Å². The Morgan fingerprint density at radius 2 is 1.84 bits per heavy atom. The standard InChI is InChI=1S/C25H29N5O.HI/c1-26-25(29-21-14-16-30(18-21)23-8-3-2-4-9-23)28-17-20-10-12-24(13-11-20)31-19-22-7-5-6-15-27-22;/h2-13,15,21H,14,16-19H2,1H3,(H2,26,28,29);1H. The molecule has 0 amide bonds. The smallest absolute Gasteiger partial charge is 0.191 e. The summed E-state index contributed by atoms with van der Waals surface area (Å²) in [6.45, 7) is 3.21. The van der Waals surface area contributed by atoms with E-state index in [4.69, 9.17) is 4.74 Å². The lowest BCUT2D eigenvalue weighted by molar-refractivity contribution is 0.301. The highest BCUT2D eigenvalue weighted by atomic mass is 127. The van der Waals surface area contributed by atoms with Crippen molar-refractivity contribution in [3.05, 3.63) is 90.3 Å². The molecule has 6 nitrogen and oxygen atoms in total. The number of guanidine groups is 1. The zero-order valence-corrected chi connectivity index (χ0v) is 20.6. The van der Waals surface area contributed by atoms with E-state index in [0.29, 0.717) is 19.2 Å². The highest BCUT2D eigenvalue weighted by molar-refractivity contribution is 14.0. The third kappa shape index (κ3) is 6.85. The van der Waals surface area contributed by atoms with Crippen LogP contribution in [-0.4, -0.2) is 37.1 Å². The molecule has 0 aliphatic carbocycles. The first-order valence-electron chi connectivity index (χ1n) is 10.7. The number of halogens is 1. The van der Waals surface area contributed by atoms with Crippen molar-refractivity contribution >= 4 is 35.6 Å². The molecule has 1 unspecified atom stereocenters. The number of anilines is 1. The Morgan fingerprint density at radius 1 is 1.06 bits per heavy atom. The quantitative estimate of drug-likeness (QED) is 0.266. The van der Waals surface area contributed by atoms with Gasteiger partial charge in [-0.05, 0) is 48.4 Å². The minimum absolute atomic E-state index is 0. The molecule has 0 spiro atoms. The summed E-state index contributed by atoms with van der Waals surface area (Å²) in [5.41, 5.74) is 3.37. The molecule has 4 rings (SSSR count). The van der Waals surface area contributed by atoms with Gasteiger partial charge in [0.25, 0.3) is 0 Å². The molecule has 1 saturated heterocycles. The summed E-state index contributed by atoms with van der Waals surface area (Å²) in [6, 6.07) is 24.9. The SMILES string of the molecule is CN=C(NCc1ccc(OCc2ccccn2)cc1)NC1CCN(c2ccccc2)C1.I. The largest absolute Gasteiger partial charge is 0.487 e. The molecule has 0 radical (unpaired) electrons. The number of para-hydroxylation sites is 1. The van der Waals surface area contributed by atoms with Crippen LogP contribution in [0.1, 0.15) is 17.7 Å².